The molecule has 0 spiro atoms. The van der Waals surface area contributed by atoms with Crippen molar-refractivity contribution in [3.63, 3.8) is 0 Å². The number of thiophene rings is 1. The van der Waals surface area contributed by atoms with Crippen LogP contribution >= 0.6 is 22.9 Å². The molecular formula is C30H20ClNS. The van der Waals surface area contributed by atoms with Gasteiger partial charge in [0.1, 0.15) is 0 Å². The Kier molecular flexibility index (Phi) is 5.10. The summed E-state index contributed by atoms with van der Waals surface area (Å²) in [5.41, 5.74) is 5.81. The van der Waals surface area contributed by atoms with Gasteiger partial charge in [0.15, 0.2) is 0 Å². The third-order valence-electron chi connectivity index (χ3n) is 5.92. The topological polar surface area (TPSA) is 3.24 Å². The first-order valence-electron chi connectivity index (χ1n) is 10.9. The van der Waals surface area contributed by atoms with Gasteiger partial charge in [-0.15, -0.1) is 11.3 Å². The Morgan fingerprint density at radius 2 is 1.03 bits per heavy atom. The van der Waals surface area contributed by atoms with Crippen molar-refractivity contribution in [3.05, 3.63) is 126 Å². The van der Waals surface area contributed by atoms with Crippen molar-refractivity contribution in [3.8, 4) is 11.1 Å². The fourth-order valence-electron chi connectivity index (χ4n) is 4.33. The molecule has 33 heavy (non-hydrogen) atoms. The van der Waals surface area contributed by atoms with Gasteiger partial charge in [-0.25, -0.2) is 0 Å². The summed E-state index contributed by atoms with van der Waals surface area (Å²) < 4.78 is 2.59. The average molecular weight is 462 g/mol. The smallest absolute Gasteiger partial charge is 0.0468 e. The maximum atomic E-state index is 6.10. The lowest BCUT2D eigenvalue weighted by molar-refractivity contribution is 1.29. The van der Waals surface area contributed by atoms with Gasteiger partial charge < -0.3 is 4.90 Å². The largest absolute Gasteiger partial charge is 0.310 e. The monoisotopic (exact) mass is 461 g/mol. The number of anilines is 3. The van der Waals surface area contributed by atoms with E-state index in [1.807, 2.05) is 23.5 Å². The molecule has 1 heterocycles. The normalized spacial score (nSPS) is 11.2. The standard InChI is InChI=1S/C30H20ClNS/c31-23-14-11-21(12-15-23)22-13-17-29-27(19-22)28-20-26(16-18-30(28)33-29)32(24-7-3-1-4-8-24)25-9-5-2-6-10-25/h1-20H. The van der Waals surface area contributed by atoms with Gasteiger partial charge >= 0.3 is 0 Å². The lowest BCUT2D eigenvalue weighted by Crippen LogP contribution is -2.09. The molecule has 0 unspecified atom stereocenters. The fraction of sp³-hybridized carbons (Fsp3) is 0. The van der Waals surface area contributed by atoms with Crippen LogP contribution in [0.15, 0.2) is 121 Å². The van der Waals surface area contributed by atoms with E-state index in [0.29, 0.717) is 0 Å². The molecule has 6 rings (SSSR count). The van der Waals surface area contributed by atoms with Gasteiger partial charge in [0, 0.05) is 42.3 Å². The van der Waals surface area contributed by atoms with Crippen LogP contribution in [-0.4, -0.2) is 0 Å². The quantitative estimate of drug-likeness (QED) is 0.252. The van der Waals surface area contributed by atoms with Crippen molar-refractivity contribution in [1.29, 1.82) is 0 Å². The number of halogens is 1. The van der Waals surface area contributed by atoms with Crippen molar-refractivity contribution >= 4 is 60.2 Å². The summed E-state index contributed by atoms with van der Waals surface area (Å²) in [6, 6.07) is 42.6. The highest BCUT2D eigenvalue weighted by Crippen LogP contribution is 2.41. The fourth-order valence-corrected chi connectivity index (χ4v) is 5.52. The molecule has 0 aliphatic carbocycles. The van der Waals surface area contributed by atoms with Gasteiger partial charge in [-0.1, -0.05) is 66.2 Å². The van der Waals surface area contributed by atoms with Crippen LogP contribution in [0.1, 0.15) is 0 Å². The van der Waals surface area contributed by atoms with Crippen LogP contribution in [0.2, 0.25) is 5.02 Å². The molecule has 0 atom stereocenters. The van der Waals surface area contributed by atoms with E-state index < -0.39 is 0 Å². The van der Waals surface area contributed by atoms with Crippen molar-refractivity contribution in [1.82, 2.24) is 0 Å². The number of rotatable bonds is 4. The van der Waals surface area contributed by atoms with Crippen LogP contribution in [0.4, 0.5) is 17.1 Å². The van der Waals surface area contributed by atoms with E-state index in [9.17, 15) is 0 Å². The number of hydrogen-bond donors (Lipinski definition) is 0. The first kappa shape index (κ1) is 20.0. The van der Waals surface area contributed by atoms with Crippen molar-refractivity contribution in [2.45, 2.75) is 0 Å². The average Bonchev–Trinajstić information content (AvgIpc) is 3.23. The molecule has 158 valence electrons. The summed E-state index contributed by atoms with van der Waals surface area (Å²) >= 11 is 7.94. The van der Waals surface area contributed by atoms with E-state index in [-0.39, 0.29) is 0 Å². The highest BCUT2D eigenvalue weighted by atomic mass is 35.5. The Balaban J connectivity index is 1.53. The van der Waals surface area contributed by atoms with E-state index in [4.69, 9.17) is 11.6 Å². The first-order chi connectivity index (χ1) is 16.3. The van der Waals surface area contributed by atoms with Crippen molar-refractivity contribution in [2.24, 2.45) is 0 Å². The van der Waals surface area contributed by atoms with E-state index >= 15 is 0 Å². The highest BCUT2D eigenvalue weighted by molar-refractivity contribution is 7.25. The third kappa shape index (κ3) is 3.78. The lowest BCUT2D eigenvalue weighted by Gasteiger charge is -2.25. The predicted octanol–water partition coefficient (Wildman–Crippen LogP) is 9.84. The molecule has 0 saturated heterocycles. The van der Waals surface area contributed by atoms with Crippen LogP contribution < -0.4 is 4.90 Å². The second kappa shape index (κ2) is 8.40. The van der Waals surface area contributed by atoms with E-state index in [2.05, 4.69) is 114 Å². The van der Waals surface area contributed by atoms with Crippen LogP contribution in [0, 0.1) is 0 Å². The number of hydrogen-bond acceptors (Lipinski definition) is 2. The minimum Gasteiger partial charge on any atom is -0.310 e. The Morgan fingerprint density at radius 1 is 0.485 bits per heavy atom. The van der Waals surface area contributed by atoms with Crippen molar-refractivity contribution in [2.75, 3.05) is 4.90 Å². The molecule has 6 aromatic rings. The summed E-state index contributed by atoms with van der Waals surface area (Å²) in [7, 11) is 0. The molecule has 0 radical (unpaired) electrons. The zero-order valence-electron chi connectivity index (χ0n) is 17.8. The molecule has 0 bridgehead atoms. The second-order valence-corrected chi connectivity index (χ2v) is 9.53. The molecule has 5 aromatic carbocycles. The second-order valence-electron chi connectivity index (χ2n) is 8.01. The number of benzene rings is 5. The van der Waals surface area contributed by atoms with E-state index in [1.165, 1.54) is 31.3 Å². The van der Waals surface area contributed by atoms with Crippen LogP contribution in [0.3, 0.4) is 0 Å². The maximum absolute atomic E-state index is 6.10. The van der Waals surface area contributed by atoms with E-state index in [0.717, 1.165) is 22.1 Å². The number of fused-ring (bicyclic) bond motifs is 3. The lowest BCUT2D eigenvalue weighted by atomic mass is 10.0. The molecule has 1 nitrogen and oxygen atoms in total. The van der Waals surface area contributed by atoms with Gasteiger partial charge in [-0.2, -0.15) is 0 Å². The Hall–Kier alpha value is -3.59. The molecule has 1 aromatic heterocycles. The molecule has 0 aliphatic rings. The van der Waals surface area contributed by atoms with Gasteiger partial charge in [-0.3, -0.25) is 0 Å². The Bertz CT molecular complexity index is 1510. The summed E-state index contributed by atoms with van der Waals surface area (Å²) in [4.78, 5) is 2.31. The van der Waals surface area contributed by atoms with E-state index in [1.54, 1.807) is 0 Å². The molecule has 0 amide bonds. The summed E-state index contributed by atoms with van der Waals surface area (Å²) in [5.74, 6) is 0. The maximum Gasteiger partial charge on any atom is 0.0468 e. The molecular weight excluding hydrogens is 442 g/mol. The Morgan fingerprint density at radius 3 is 1.67 bits per heavy atom. The SMILES string of the molecule is Clc1ccc(-c2ccc3sc4ccc(N(c5ccccc5)c5ccccc5)cc4c3c2)cc1. The molecule has 0 saturated carbocycles. The van der Waals surface area contributed by atoms with Gasteiger partial charge in [0.05, 0.1) is 0 Å². The van der Waals surface area contributed by atoms with Crippen LogP contribution in [-0.2, 0) is 0 Å². The van der Waals surface area contributed by atoms with Gasteiger partial charge in [-0.05, 0) is 77.9 Å². The summed E-state index contributed by atoms with van der Waals surface area (Å²) in [5, 5.41) is 3.32. The zero-order chi connectivity index (χ0) is 22.2. The Labute approximate surface area is 202 Å². The van der Waals surface area contributed by atoms with Crippen molar-refractivity contribution < 1.29 is 0 Å². The first-order valence-corrected chi connectivity index (χ1v) is 12.1. The summed E-state index contributed by atoms with van der Waals surface area (Å²) in [6.07, 6.45) is 0. The van der Waals surface area contributed by atoms with Crippen LogP contribution in [0.5, 0.6) is 0 Å². The highest BCUT2D eigenvalue weighted by Gasteiger charge is 2.14. The molecule has 0 N–H and O–H groups in total. The predicted molar refractivity (Wildman–Crippen MR) is 144 cm³/mol. The molecule has 0 aliphatic heterocycles. The minimum absolute atomic E-state index is 0.757. The van der Waals surface area contributed by atoms with Gasteiger partial charge in [0.25, 0.3) is 0 Å². The molecule has 3 heteroatoms. The summed E-state index contributed by atoms with van der Waals surface area (Å²) in [6.45, 7) is 0. The van der Waals surface area contributed by atoms with Gasteiger partial charge in [0.2, 0.25) is 0 Å². The van der Waals surface area contributed by atoms with Crippen LogP contribution in [0.25, 0.3) is 31.3 Å². The third-order valence-corrected chi connectivity index (χ3v) is 7.32. The molecule has 0 fully saturated rings. The number of nitrogens with zero attached hydrogens (tertiary/aromatic N) is 1. The zero-order valence-corrected chi connectivity index (χ0v) is 19.4. The minimum atomic E-state index is 0.757. The number of para-hydroxylation sites is 2.